The minimum Gasteiger partial charge on any atom is -0.497 e. The summed E-state index contributed by atoms with van der Waals surface area (Å²) in [6.45, 7) is 2.10. The van der Waals surface area contributed by atoms with Gasteiger partial charge in [-0.25, -0.2) is 0 Å². The number of aryl methyl sites for hydroxylation is 1. The van der Waals surface area contributed by atoms with Crippen molar-refractivity contribution in [2.75, 3.05) is 25.5 Å². The molecule has 0 bridgehead atoms. The predicted molar refractivity (Wildman–Crippen MR) is 149 cm³/mol. The Morgan fingerprint density at radius 2 is 1.77 bits per heavy atom. The van der Waals surface area contributed by atoms with Crippen LogP contribution in [0.1, 0.15) is 27.9 Å². The van der Waals surface area contributed by atoms with Crippen molar-refractivity contribution in [2.45, 2.75) is 19.8 Å². The number of nitro groups is 1. The van der Waals surface area contributed by atoms with Gasteiger partial charge in [-0.2, -0.15) is 0 Å². The molecule has 0 atom stereocenters. The zero-order chi connectivity index (χ0) is 27.8. The molecule has 2 amide bonds. The molecule has 1 heterocycles. The molecule has 0 spiro atoms. The van der Waals surface area contributed by atoms with Crippen molar-refractivity contribution in [3.05, 3.63) is 99.6 Å². The molecule has 10 nitrogen and oxygen atoms in total. The van der Waals surface area contributed by atoms with E-state index in [1.807, 2.05) is 54.6 Å². The van der Waals surface area contributed by atoms with E-state index >= 15 is 0 Å². The predicted octanol–water partition coefficient (Wildman–Crippen LogP) is 5.14. The Morgan fingerprint density at radius 3 is 2.46 bits per heavy atom. The summed E-state index contributed by atoms with van der Waals surface area (Å²) < 4.78 is 5.17. The Morgan fingerprint density at radius 1 is 1.03 bits per heavy atom. The maximum absolute atomic E-state index is 13.4. The summed E-state index contributed by atoms with van der Waals surface area (Å²) in [5.74, 6) is 0.0303. The van der Waals surface area contributed by atoms with Gasteiger partial charge in [0.1, 0.15) is 10.8 Å². The molecule has 0 saturated heterocycles. The summed E-state index contributed by atoms with van der Waals surface area (Å²) in [6, 6.07) is 21.4. The molecule has 0 aliphatic heterocycles. The summed E-state index contributed by atoms with van der Waals surface area (Å²) in [7, 11) is 1.59. The van der Waals surface area contributed by atoms with Crippen molar-refractivity contribution < 1.29 is 19.2 Å². The quantitative estimate of drug-likeness (QED) is 0.204. The van der Waals surface area contributed by atoms with E-state index in [9.17, 15) is 19.7 Å². The van der Waals surface area contributed by atoms with Crippen LogP contribution in [-0.4, -0.2) is 52.0 Å². The number of hydrogen-bond acceptors (Lipinski definition) is 8. The molecule has 0 aliphatic carbocycles. The van der Waals surface area contributed by atoms with Crippen molar-refractivity contribution in [3.8, 4) is 16.3 Å². The molecular formula is C28H27N5O5S. The average molecular weight is 546 g/mol. The lowest BCUT2D eigenvalue weighted by molar-refractivity contribution is -0.385. The maximum Gasteiger partial charge on any atom is 0.273 e. The average Bonchev–Trinajstić information content (AvgIpc) is 3.41. The number of hydrogen-bond donors (Lipinski definition) is 1. The van der Waals surface area contributed by atoms with E-state index in [1.54, 1.807) is 31.1 Å². The number of ether oxygens (including phenoxy) is 1. The van der Waals surface area contributed by atoms with Crippen LogP contribution < -0.4 is 10.1 Å². The minimum atomic E-state index is -0.504. The number of rotatable bonds is 11. The van der Waals surface area contributed by atoms with Crippen molar-refractivity contribution in [1.29, 1.82) is 0 Å². The van der Waals surface area contributed by atoms with E-state index in [1.165, 1.54) is 17.4 Å². The molecule has 0 aliphatic rings. The van der Waals surface area contributed by atoms with E-state index in [2.05, 4.69) is 15.5 Å². The van der Waals surface area contributed by atoms with E-state index in [-0.39, 0.29) is 36.0 Å². The van der Waals surface area contributed by atoms with Crippen LogP contribution in [0.4, 0.5) is 10.8 Å². The smallest absolute Gasteiger partial charge is 0.273 e. The Kier molecular flexibility index (Phi) is 8.95. The van der Waals surface area contributed by atoms with Crippen LogP contribution in [0, 0.1) is 17.0 Å². The second-order valence-electron chi connectivity index (χ2n) is 8.73. The lowest BCUT2D eigenvalue weighted by Crippen LogP contribution is -2.35. The number of carbonyl (C=O) groups excluding carboxylic acids is 2. The van der Waals surface area contributed by atoms with Gasteiger partial charge < -0.3 is 15.0 Å². The lowest BCUT2D eigenvalue weighted by Gasteiger charge is -2.23. The molecule has 0 radical (unpaired) electrons. The minimum absolute atomic E-state index is 0.0198. The highest BCUT2D eigenvalue weighted by molar-refractivity contribution is 7.18. The highest BCUT2D eigenvalue weighted by Gasteiger charge is 2.21. The number of anilines is 1. The normalized spacial score (nSPS) is 10.6. The molecule has 4 aromatic rings. The van der Waals surface area contributed by atoms with Gasteiger partial charge >= 0.3 is 0 Å². The summed E-state index contributed by atoms with van der Waals surface area (Å²) in [5, 5.41) is 23.3. The van der Waals surface area contributed by atoms with Crippen LogP contribution in [0.3, 0.4) is 0 Å². The Bertz CT molecular complexity index is 1460. The third-order valence-corrected chi connectivity index (χ3v) is 6.96. The number of carbonyl (C=O) groups is 2. The molecule has 1 N–H and O–H groups in total. The fourth-order valence-corrected chi connectivity index (χ4v) is 4.65. The molecule has 1 aromatic heterocycles. The molecule has 39 heavy (non-hydrogen) atoms. The van der Waals surface area contributed by atoms with Crippen molar-refractivity contribution >= 4 is 34.0 Å². The van der Waals surface area contributed by atoms with Gasteiger partial charge in [0, 0.05) is 42.3 Å². The van der Waals surface area contributed by atoms with Gasteiger partial charge in [0.15, 0.2) is 0 Å². The zero-order valence-corrected chi connectivity index (χ0v) is 22.3. The van der Waals surface area contributed by atoms with E-state index in [4.69, 9.17) is 4.74 Å². The molecule has 0 unspecified atom stereocenters. The highest BCUT2D eigenvalue weighted by atomic mass is 32.1. The van der Waals surface area contributed by atoms with Gasteiger partial charge in [-0.15, -0.1) is 10.2 Å². The third-order valence-electron chi connectivity index (χ3n) is 6.07. The molecule has 11 heteroatoms. The third kappa shape index (κ3) is 7.23. The summed E-state index contributed by atoms with van der Waals surface area (Å²) >= 11 is 1.24. The van der Waals surface area contributed by atoms with Gasteiger partial charge in [0.2, 0.25) is 11.0 Å². The molecule has 3 aromatic carbocycles. The number of nitrogens with zero attached hydrogens (tertiary/aromatic N) is 4. The molecule has 0 saturated carbocycles. The largest absolute Gasteiger partial charge is 0.497 e. The van der Waals surface area contributed by atoms with Gasteiger partial charge in [-0.1, -0.05) is 47.7 Å². The Balaban J connectivity index is 1.43. The fourth-order valence-electron chi connectivity index (χ4n) is 3.89. The summed E-state index contributed by atoms with van der Waals surface area (Å²) in [5.41, 5.74) is 2.44. The number of aromatic nitrogens is 2. The lowest BCUT2D eigenvalue weighted by atomic mass is 10.1. The van der Waals surface area contributed by atoms with Crippen LogP contribution in [-0.2, 0) is 11.2 Å². The van der Waals surface area contributed by atoms with Crippen LogP contribution in [0.25, 0.3) is 10.6 Å². The van der Waals surface area contributed by atoms with E-state index < -0.39 is 4.92 Å². The maximum atomic E-state index is 13.4. The van der Waals surface area contributed by atoms with Crippen LogP contribution >= 0.6 is 11.3 Å². The first-order valence-corrected chi connectivity index (χ1v) is 13.0. The summed E-state index contributed by atoms with van der Waals surface area (Å²) in [4.78, 5) is 38.6. The first-order chi connectivity index (χ1) is 18.8. The standard InChI is InChI=1S/C28H27N5O5S/c1-19-8-9-22(18-24(19)33(36)37)27(35)32(16-14-20-6-4-3-5-7-20)17-15-25(34)29-28-31-30-26(39-28)21-10-12-23(38-2)13-11-21/h3-13,18H,14-17H2,1-2H3,(H,29,31,34). The molecule has 4 rings (SSSR count). The second kappa shape index (κ2) is 12.7. The van der Waals surface area contributed by atoms with Crippen LogP contribution in [0.5, 0.6) is 5.75 Å². The number of amides is 2. The number of methoxy groups -OCH3 is 1. The zero-order valence-electron chi connectivity index (χ0n) is 21.5. The first-order valence-electron chi connectivity index (χ1n) is 12.2. The van der Waals surface area contributed by atoms with Gasteiger partial charge in [0.25, 0.3) is 11.6 Å². The van der Waals surface area contributed by atoms with E-state index in [0.29, 0.717) is 28.7 Å². The SMILES string of the molecule is COc1ccc(-c2nnc(NC(=O)CCN(CCc3ccccc3)C(=O)c3ccc(C)c([N+](=O)[O-])c3)s2)cc1. The van der Waals surface area contributed by atoms with E-state index in [0.717, 1.165) is 16.9 Å². The van der Waals surface area contributed by atoms with Gasteiger partial charge in [0.05, 0.1) is 12.0 Å². The van der Waals surface area contributed by atoms with Crippen molar-refractivity contribution in [2.24, 2.45) is 0 Å². The first kappa shape index (κ1) is 27.4. The molecular weight excluding hydrogens is 518 g/mol. The number of nitrogens with one attached hydrogen (secondary N) is 1. The highest BCUT2D eigenvalue weighted by Crippen LogP contribution is 2.28. The molecule has 200 valence electrons. The van der Waals surface area contributed by atoms with Crippen LogP contribution in [0.15, 0.2) is 72.8 Å². The Hall–Kier alpha value is -4.64. The second-order valence-corrected chi connectivity index (χ2v) is 9.70. The number of benzene rings is 3. The molecule has 0 fully saturated rings. The van der Waals surface area contributed by atoms with Gasteiger partial charge in [-0.05, 0) is 49.2 Å². The fraction of sp³-hybridized carbons (Fsp3) is 0.214. The van der Waals surface area contributed by atoms with Crippen molar-refractivity contribution in [3.63, 3.8) is 0 Å². The van der Waals surface area contributed by atoms with Crippen LogP contribution in [0.2, 0.25) is 0 Å². The Labute approximate surface area is 229 Å². The summed E-state index contributed by atoms with van der Waals surface area (Å²) in [6.07, 6.45) is 0.593. The number of nitro benzene ring substituents is 1. The monoisotopic (exact) mass is 545 g/mol. The van der Waals surface area contributed by atoms with Crippen molar-refractivity contribution in [1.82, 2.24) is 15.1 Å². The topological polar surface area (TPSA) is 128 Å². The van der Waals surface area contributed by atoms with Gasteiger partial charge in [-0.3, -0.25) is 19.7 Å².